The fraction of sp³-hybridized carbons (Fsp3) is 0.286. The van der Waals surface area contributed by atoms with Gasteiger partial charge in [-0.3, -0.25) is 9.59 Å². The van der Waals surface area contributed by atoms with Crippen LogP contribution in [0.25, 0.3) is 10.9 Å². The van der Waals surface area contributed by atoms with Crippen molar-refractivity contribution in [3.63, 3.8) is 0 Å². The Morgan fingerprint density at radius 1 is 1.42 bits per heavy atom. The molecule has 98 valence electrons. The highest BCUT2D eigenvalue weighted by atomic mass is 19.1. The largest absolute Gasteiger partial charge is 0.506 e. The second kappa shape index (κ2) is 3.91. The molecule has 3 rings (SSSR count). The topological polar surface area (TPSA) is 59.3 Å². The zero-order valence-electron chi connectivity index (χ0n) is 10.3. The quantitative estimate of drug-likeness (QED) is 0.844. The minimum Gasteiger partial charge on any atom is -0.506 e. The van der Waals surface area contributed by atoms with E-state index in [0.717, 1.165) is 12.8 Å². The molecule has 19 heavy (non-hydrogen) atoms. The number of ketones is 1. The first-order valence-electron chi connectivity index (χ1n) is 6.08. The summed E-state index contributed by atoms with van der Waals surface area (Å²) in [4.78, 5) is 23.8. The maximum atomic E-state index is 13.4. The van der Waals surface area contributed by atoms with E-state index < -0.39 is 17.2 Å². The van der Waals surface area contributed by atoms with Crippen LogP contribution in [0.1, 0.15) is 36.2 Å². The number of hydrogen-bond donors (Lipinski definition) is 1. The number of nitrogens with zero attached hydrogens (tertiary/aromatic N) is 1. The Morgan fingerprint density at radius 2 is 2.11 bits per heavy atom. The Kier molecular flexibility index (Phi) is 2.45. The molecule has 0 aliphatic heterocycles. The van der Waals surface area contributed by atoms with Crippen LogP contribution in [0, 0.1) is 5.82 Å². The number of fused-ring (bicyclic) bond motifs is 1. The van der Waals surface area contributed by atoms with Crippen LogP contribution in [-0.2, 0) is 0 Å². The van der Waals surface area contributed by atoms with Gasteiger partial charge in [-0.25, -0.2) is 4.39 Å². The van der Waals surface area contributed by atoms with Crippen LogP contribution in [0.2, 0.25) is 0 Å². The van der Waals surface area contributed by atoms with Gasteiger partial charge in [0.15, 0.2) is 5.78 Å². The number of benzene rings is 1. The molecular weight excluding hydrogens is 249 g/mol. The maximum Gasteiger partial charge on any atom is 0.265 e. The van der Waals surface area contributed by atoms with E-state index in [1.807, 2.05) is 0 Å². The third-order valence-electron chi connectivity index (χ3n) is 3.41. The van der Waals surface area contributed by atoms with Gasteiger partial charge in [-0.15, -0.1) is 0 Å². The number of pyridine rings is 1. The van der Waals surface area contributed by atoms with E-state index in [1.165, 1.54) is 29.7 Å². The van der Waals surface area contributed by atoms with Crippen LogP contribution in [0.15, 0.2) is 23.0 Å². The molecule has 0 radical (unpaired) electrons. The molecule has 1 aliphatic rings. The summed E-state index contributed by atoms with van der Waals surface area (Å²) in [6, 6.07) is 3.81. The third-order valence-corrected chi connectivity index (χ3v) is 3.41. The van der Waals surface area contributed by atoms with Crippen LogP contribution >= 0.6 is 0 Å². The van der Waals surface area contributed by atoms with Gasteiger partial charge in [-0.2, -0.15) is 0 Å². The highest BCUT2D eigenvalue weighted by molar-refractivity contribution is 6.02. The summed E-state index contributed by atoms with van der Waals surface area (Å²) in [6.45, 7) is 1.24. The molecule has 5 heteroatoms. The zero-order chi connectivity index (χ0) is 13.7. The molecule has 1 aromatic carbocycles. The van der Waals surface area contributed by atoms with Gasteiger partial charge in [0.2, 0.25) is 0 Å². The van der Waals surface area contributed by atoms with Crippen molar-refractivity contribution in [2.45, 2.75) is 25.8 Å². The summed E-state index contributed by atoms with van der Waals surface area (Å²) < 4.78 is 14.8. The number of aromatic nitrogens is 1. The smallest absolute Gasteiger partial charge is 0.265 e. The van der Waals surface area contributed by atoms with Crippen LogP contribution in [0.4, 0.5) is 4.39 Å². The van der Waals surface area contributed by atoms with Gasteiger partial charge in [-0.05, 0) is 38.0 Å². The highest BCUT2D eigenvalue weighted by Crippen LogP contribution is 2.38. The zero-order valence-corrected chi connectivity index (χ0v) is 10.3. The Balaban J connectivity index is 2.51. The minimum absolute atomic E-state index is 0.00417. The van der Waals surface area contributed by atoms with Gasteiger partial charge in [0.05, 0.1) is 5.52 Å². The molecule has 0 spiro atoms. The molecule has 0 atom stereocenters. The summed E-state index contributed by atoms with van der Waals surface area (Å²) >= 11 is 0. The summed E-state index contributed by atoms with van der Waals surface area (Å²) in [7, 11) is 0. The Hall–Kier alpha value is -2.17. The van der Waals surface area contributed by atoms with Gasteiger partial charge >= 0.3 is 0 Å². The summed E-state index contributed by atoms with van der Waals surface area (Å²) in [5.41, 5.74) is -0.411. The van der Waals surface area contributed by atoms with Crippen molar-refractivity contribution in [1.82, 2.24) is 4.57 Å². The van der Waals surface area contributed by atoms with Crippen LogP contribution < -0.4 is 5.56 Å². The molecule has 1 aromatic heterocycles. The number of carbonyl (C=O) groups is 1. The van der Waals surface area contributed by atoms with Gasteiger partial charge < -0.3 is 9.67 Å². The van der Waals surface area contributed by atoms with Gasteiger partial charge in [0.25, 0.3) is 5.56 Å². The minimum atomic E-state index is -0.536. The van der Waals surface area contributed by atoms with E-state index in [4.69, 9.17) is 0 Å². The van der Waals surface area contributed by atoms with Crippen LogP contribution in [0.3, 0.4) is 0 Å². The fourth-order valence-corrected chi connectivity index (χ4v) is 2.38. The monoisotopic (exact) mass is 261 g/mol. The number of halogens is 1. The van der Waals surface area contributed by atoms with E-state index >= 15 is 0 Å². The first kappa shape index (κ1) is 11.9. The van der Waals surface area contributed by atoms with Crippen molar-refractivity contribution in [3.8, 4) is 5.75 Å². The lowest BCUT2D eigenvalue weighted by molar-refractivity contribution is 0.101. The second-order valence-corrected chi connectivity index (χ2v) is 4.85. The molecule has 0 amide bonds. The summed E-state index contributed by atoms with van der Waals surface area (Å²) in [5, 5.41) is 10.4. The van der Waals surface area contributed by atoms with Crippen molar-refractivity contribution in [2.75, 3.05) is 0 Å². The second-order valence-electron chi connectivity index (χ2n) is 4.85. The maximum absolute atomic E-state index is 13.4. The number of Topliss-reactive ketones (excluding diaryl/α,β-unsaturated/α-hetero) is 1. The normalized spacial score (nSPS) is 14.8. The molecule has 0 saturated heterocycles. The van der Waals surface area contributed by atoms with Gasteiger partial charge in [0.1, 0.15) is 17.1 Å². The summed E-state index contributed by atoms with van der Waals surface area (Å²) in [6.07, 6.45) is 1.65. The van der Waals surface area contributed by atoms with Gasteiger partial charge in [-0.1, -0.05) is 0 Å². The lowest BCUT2D eigenvalue weighted by atomic mass is 10.1. The third kappa shape index (κ3) is 1.73. The average molecular weight is 261 g/mol. The molecule has 1 saturated carbocycles. The predicted octanol–water partition coefficient (Wildman–Crippen LogP) is 2.38. The predicted molar refractivity (Wildman–Crippen MR) is 68.1 cm³/mol. The average Bonchev–Trinajstić information content (AvgIpc) is 3.12. The standard InChI is InChI=1S/C14H12FNO3/c1-7(17)12-13(18)10-5-2-8(15)6-11(10)16(14(12)19)9-3-4-9/h2,5-6,9,18H,3-4H2,1H3. The molecule has 0 bridgehead atoms. The molecule has 1 N–H and O–H groups in total. The van der Waals surface area contributed by atoms with E-state index in [2.05, 4.69) is 0 Å². The van der Waals surface area contributed by atoms with Crippen molar-refractivity contribution in [2.24, 2.45) is 0 Å². The van der Waals surface area contributed by atoms with Crippen LogP contribution in [-0.4, -0.2) is 15.5 Å². The van der Waals surface area contributed by atoms with E-state index in [1.54, 1.807) is 0 Å². The number of hydrogen-bond acceptors (Lipinski definition) is 3. The van der Waals surface area contributed by atoms with E-state index in [0.29, 0.717) is 10.9 Å². The Labute approximate surface area is 108 Å². The molecule has 1 aliphatic carbocycles. The van der Waals surface area contributed by atoms with Crippen molar-refractivity contribution in [3.05, 3.63) is 39.9 Å². The first-order valence-corrected chi connectivity index (χ1v) is 6.08. The summed E-state index contributed by atoms with van der Waals surface area (Å²) in [5.74, 6) is -1.32. The lowest BCUT2D eigenvalue weighted by Gasteiger charge is -2.13. The highest BCUT2D eigenvalue weighted by Gasteiger charge is 2.30. The Bertz CT molecular complexity index is 759. The molecule has 2 aromatic rings. The number of aromatic hydroxyl groups is 1. The number of rotatable bonds is 2. The molecule has 4 nitrogen and oxygen atoms in total. The van der Waals surface area contributed by atoms with Crippen molar-refractivity contribution in [1.29, 1.82) is 0 Å². The van der Waals surface area contributed by atoms with Crippen molar-refractivity contribution >= 4 is 16.7 Å². The molecule has 1 fully saturated rings. The van der Waals surface area contributed by atoms with E-state index in [9.17, 15) is 19.1 Å². The molecule has 0 unspecified atom stereocenters. The van der Waals surface area contributed by atoms with Crippen LogP contribution in [0.5, 0.6) is 5.75 Å². The fourth-order valence-electron chi connectivity index (χ4n) is 2.38. The SMILES string of the molecule is CC(=O)c1c(O)c2ccc(F)cc2n(C2CC2)c1=O. The lowest BCUT2D eigenvalue weighted by Crippen LogP contribution is -2.25. The molecule has 1 heterocycles. The Morgan fingerprint density at radius 3 is 2.68 bits per heavy atom. The van der Waals surface area contributed by atoms with E-state index in [-0.39, 0.29) is 17.4 Å². The van der Waals surface area contributed by atoms with Gasteiger partial charge in [0, 0.05) is 11.4 Å². The molecular formula is C14H12FNO3. The first-order chi connectivity index (χ1) is 9.00. The number of carbonyl (C=O) groups excluding carboxylic acids is 1. The van der Waals surface area contributed by atoms with Crippen molar-refractivity contribution < 1.29 is 14.3 Å².